The van der Waals surface area contributed by atoms with Gasteiger partial charge in [0.2, 0.25) is 6.79 Å². The van der Waals surface area contributed by atoms with Crippen LogP contribution in [-0.4, -0.2) is 32.5 Å². The summed E-state index contributed by atoms with van der Waals surface area (Å²) in [7, 11) is 1.73. The van der Waals surface area contributed by atoms with Crippen molar-refractivity contribution >= 4 is 23.4 Å². The van der Waals surface area contributed by atoms with E-state index in [9.17, 15) is 14.9 Å². The molecule has 0 aliphatic carbocycles. The molecule has 0 atom stereocenters. The van der Waals surface area contributed by atoms with Gasteiger partial charge in [0.1, 0.15) is 12.1 Å². The SMILES string of the molecule is Cn1cnnc1Sc1ccc(C(=O)Oc2ccc3c(c2)OCO3)cc1[N+](=O)[O-]. The van der Waals surface area contributed by atoms with Gasteiger partial charge in [-0.3, -0.25) is 10.1 Å². The van der Waals surface area contributed by atoms with Gasteiger partial charge in [-0.1, -0.05) is 0 Å². The van der Waals surface area contributed by atoms with E-state index < -0.39 is 10.9 Å². The lowest BCUT2D eigenvalue weighted by Gasteiger charge is -2.07. The number of ether oxygens (including phenoxy) is 3. The molecule has 3 aromatic rings. The second-order valence-electron chi connectivity index (χ2n) is 5.67. The molecule has 0 unspecified atom stereocenters. The van der Waals surface area contributed by atoms with Gasteiger partial charge < -0.3 is 18.8 Å². The maximum atomic E-state index is 12.4. The monoisotopic (exact) mass is 400 g/mol. The summed E-state index contributed by atoms with van der Waals surface area (Å²) >= 11 is 1.08. The van der Waals surface area contributed by atoms with Crippen LogP contribution in [0.3, 0.4) is 0 Å². The Morgan fingerprint density at radius 1 is 1.25 bits per heavy atom. The van der Waals surface area contributed by atoms with Crippen LogP contribution >= 0.6 is 11.8 Å². The number of benzene rings is 2. The molecule has 0 fully saturated rings. The first-order valence-corrected chi connectivity index (χ1v) is 8.75. The summed E-state index contributed by atoms with van der Waals surface area (Å²) in [5, 5.41) is 19.6. The highest BCUT2D eigenvalue weighted by Crippen LogP contribution is 2.36. The molecule has 0 saturated carbocycles. The lowest BCUT2D eigenvalue weighted by atomic mass is 10.2. The van der Waals surface area contributed by atoms with Gasteiger partial charge in [0, 0.05) is 19.2 Å². The first kappa shape index (κ1) is 17.8. The Morgan fingerprint density at radius 2 is 2.07 bits per heavy atom. The highest BCUT2D eigenvalue weighted by molar-refractivity contribution is 7.99. The molecule has 1 aliphatic rings. The van der Waals surface area contributed by atoms with Crippen LogP contribution in [-0.2, 0) is 7.05 Å². The molecular weight excluding hydrogens is 388 g/mol. The topological polar surface area (TPSA) is 119 Å². The largest absolute Gasteiger partial charge is 0.454 e. The second-order valence-corrected chi connectivity index (χ2v) is 6.68. The molecule has 4 rings (SSSR count). The summed E-state index contributed by atoms with van der Waals surface area (Å²) < 4.78 is 17.4. The molecule has 2 heterocycles. The van der Waals surface area contributed by atoms with Gasteiger partial charge in [-0.15, -0.1) is 10.2 Å². The van der Waals surface area contributed by atoms with Gasteiger partial charge in [-0.2, -0.15) is 0 Å². The molecule has 0 N–H and O–H groups in total. The number of nitro benzene ring substituents is 1. The molecule has 0 saturated heterocycles. The van der Waals surface area contributed by atoms with Crippen LogP contribution in [0.2, 0.25) is 0 Å². The first-order chi connectivity index (χ1) is 13.5. The molecule has 0 spiro atoms. The van der Waals surface area contributed by atoms with Crippen molar-refractivity contribution in [3.63, 3.8) is 0 Å². The Hall–Kier alpha value is -3.60. The zero-order valence-corrected chi connectivity index (χ0v) is 15.2. The quantitative estimate of drug-likeness (QED) is 0.276. The average molecular weight is 400 g/mol. The molecule has 11 heteroatoms. The van der Waals surface area contributed by atoms with E-state index in [1.165, 1.54) is 30.6 Å². The smallest absolute Gasteiger partial charge is 0.343 e. The third kappa shape index (κ3) is 3.47. The molecule has 1 aliphatic heterocycles. The van der Waals surface area contributed by atoms with E-state index in [0.29, 0.717) is 21.6 Å². The number of rotatable bonds is 5. The number of esters is 1. The number of hydrogen-bond donors (Lipinski definition) is 0. The summed E-state index contributed by atoms with van der Waals surface area (Å²) in [5.41, 5.74) is -0.181. The minimum atomic E-state index is -0.725. The van der Waals surface area contributed by atoms with E-state index in [1.54, 1.807) is 23.7 Å². The first-order valence-electron chi connectivity index (χ1n) is 7.93. The van der Waals surface area contributed by atoms with Crippen LogP contribution in [0.25, 0.3) is 0 Å². The predicted molar refractivity (Wildman–Crippen MR) is 95.7 cm³/mol. The molecule has 1 aromatic heterocycles. The van der Waals surface area contributed by atoms with Crippen molar-refractivity contribution in [2.45, 2.75) is 10.1 Å². The van der Waals surface area contributed by atoms with E-state index in [1.807, 2.05) is 0 Å². The molecule has 0 bridgehead atoms. The minimum absolute atomic E-state index is 0.0479. The number of carbonyl (C=O) groups is 1. The zero-order chi connectivity index (χ0) is 19.7. The number of nitrogens with zero attached hydrogens (tertiary/aromatic N) is 4. The number of aromatic nitrogens is 3. The molecule has 142 valence electrons. The van der Waals surface area contributed by atoms with Crippen LogP contribution in [0.5, 0.6) is 17.2 Å². The summed E-state index contributed by atoms with van der Waals surface area (Å²) in [6.07, 6.45) is 1.49. The van der Waals surface area contributed by atoms with Gasteiger partial charge >= 0.3 is 5.97 Å². The van der Waals surface area contributed by atoms with Gasteiger partial charge in [-0.05, 0) is 36.0 Å². The molecule has 2 aromatic carbocycles. The summed E-state index contributed by atoms with van der Waals surface area (Å²) in [6.45, 7) is 0.101. The fourth-order valence-electron chi connectivity index (χ4n) is 2.44. The maximum Gasteiger partial charge on any atom is 0.343 e. The van der Waals surface area contributed by atoms with E-state index in [-0.39, 0.29) is 23.8 Å². The van der Waals surface area contributed by atoms with Crippen molar-refractivity contribution in [2.75, 3.05) is 6.79 Å². The van der Waals surface area contributed by atoms with Crippen molar-refractivity contribution in [2.24, 2.45) is 7.05 Å². The third-order valence-electron chi connectivity index (χ3n) is 3.82. The normalized spacial score (nSPS) is 12.0. The second kappa shape index (κ2) is 7.19. The van der Waals surface area contributed by atoms with Crippen molar-refractivity contribution in [1.82, 2.24) is 14.8 Å². The third-order valence-corrected chi connectivity index (χ3v) is 4.93. The predicted octanol–water partition coefficient (Wildman–Crippen LogP) is 2.82. The van der Waals surface area contributed by atoms with Crippen LogP contribution < -0.4 is 14.2 Å². The van der Waals surface area contributed by atoms with Crippen LogP contribution in [0, 0.1) is 10.1 Å². The van der Waals surface area contributed by atoms with Crippen LogP contribution in [0.1, 0.15) is 10.4 Å². The van der Waals surface area contributed by atoms with E-state index >= 15 is 0 Å². The number of fused-ring (bicyclic) bond motifs is 1. The Labute approximate surface area is 162 Å². The molecular formula is C17H12N4O6S. The fourth-order valence-corrected chi connectivity index (χ4v) is 3.29. The Kier molecular flexibility index (Phi) is 4.57. The lowest BCUT2D eigenvalue weighted by molar-refractivity contribution is -0.387. The Balaban J connectivity index is 1.57. The highest BCUT2D eigenvalue weighted by atomic mass is 32.2. The minimum Gasteiger partial charge on any atom is -0.454 e. The fraction of sp³-hybridized carbons (Fsp3) is 0.118. The van der Waals surface area contributed by atoms with Gasteiger partial charge in [-0.25, -0.2) is 4.79 Å². The Bertz CT molecular complexity index is 1080. The maximum absolute atomic E-state index is 12.4. The standard InChI is InChI=1S/C17H12N4O6S/c1-20-8-18-19-17(20)28-15-5-2-10(6-12(15)21(23)24)16(22)27-11-3-4-13-14(7-11)26-9-25-13/h2-8H,9H2,1H3. The van der Waals surface area contributed by atoms with Gasteiger partial charge in [0.25, 0.3) is 5.69 Å². The lowest BCUT2D eigenvalue weighted by Crippen LogP contribution is -2.09. The molecule has 0 radical (unpaired) electrons. The van der Waals surface area contributed by atoms with Gasteiger partial charge in [0.05, 0.1) is 15.4 Å². The number of hydrogen-bond acceptors (Lipinski definition) is 9. The zero-order valence-electron chi connectivity index (χ0n) is 14.4. The van der Waals surface area contributed by atoms with E-state index in [0.717, 1.165) is 11.8 Å². The van der Waals surface area contributed by atoms with E-state index in [4.69, 9.17) is 14.2 Å². The summed E-state index contributed by atoms with van der Waals surface area (Å²) in [4.78, 5) is 23.7. The van der Waals surface area contributed by atoms with Crippen molar-refractivity contribution < 1.29 is 23.9 Å². The van der Waals surface area contributed by atoms with Crippen LogP contribution in [0.4, 0.5) is 5.69 Å². The molecule has 10 nitrogen and oxygen atoms in total. The van der Waals surface area contributed by atoms with Gasteiger partial charge in [0.15, 0.2) is 16.7 Å². The average Bonchev–Trinajstić information content (AvgIpc) is 3.30. The Morgan fingerprint density at radius 3 is 2.82 bits per heavy atom. The molecule has 0 amide bonds. The van der Waals surface area contributed by atoms with Crippen LogP contribution in [0.15, 0.2) is 52.8 Å². The molecule has 28 heavy (non-hydrogen) atoms. The van der Waals surface area contributed by atoms with E-state index in [2.05, 4.69) is 10.2 Å². The number of nitro groups is 1. The number of aryl methyl sites for hydroxylation is 1. The summed E-state index contributed by atoms with van der Waals surface area (Å²) in [6, 6.07) is 8.81. The van der Waals surface area contributed by atoms with Crippen molar-refractivity contribution in [3.05, 3.63) is 58.4 Å². The summed E-state index contributed by atoms with van der Waals surface area (Å²) in [5.74, 6) is 0.541. The highest BCUT2D eigenvalue weighted by Gasteiger charge is 2.22. The number of carbonyl (C=O) groups excluding carboxylic acids is 1. The van der Waals surface area contributed by atoms with Crippen molar-refractivity contribution in [1.29, 1.82) is 0 Å². The van der Waals surface area contributed by atoms with Crippen molar-refractivity contribution in [3.8, 4) is 17.2 Å².